The third kappa shape index (κ3) is 137. The van der Waals surface area contributed by atoms with E-state index in [0.29, 0.717) is 0 Å². The highest BCUT2D eigenvalue weighted by atomic mass is 16.1. The largest absolute Gasteiger partial charge is 0.312 e. The van der Waals surface area contributed by atoms with Gasteiger partial charge in [0.2, 0.25) is 6.08 Å². The first-order chi connectivity index (χ1) is 3.15. The van der Waals surface area contributed by atoms with Gasteiger partial charge in [-0.25, -0.2) is 10.2 Å². The van der Waals surface area contributed by atoms with E-state index in [1.54, 1.807) is 0 Å². The summed E-state index contributed by atoms with van der Waals surface area (Å²) in [5.41, 5.74) is 0. The summed E-state index contributed by atoms with van der Waals surface area (Å²) >= 11 is 0. The Kier molecular flexibility index (Phi) is 12.4. The SMILES string of the molecule is CN(C)C.N=C=O. The van der Waals surface area contributed by atoms with E-state index in [4.69, 9.17) is 10.2 Å². The van der Waals surface area contributed by atoms with E-state index in [9.17, 15) is 0 Å². The lowest BCUT2D eigenvalue weighted by Gasteiger charge is -1.90. The number of carbonyl (C=O) groups excluding carboxylic acids is 1. The Balaban J connectivity index is 0. The smallest absolute Gasteiger partial charge is 0.231 e. The minimum Gasteiger partial charge on any atom is -0.312 e. The van der Waals surface area contributed by atoms with Crippen LogP contribution in [0.4, 0.5) is 0 Å². The lowest BCUT2D eigenvalue weighted by Crippen LogP contribution is -1.99. The molecule has 0 amide bonds. The van der Waals surface area contributed by atoms with Gasteiger partial charge in [0.1, 0.15) is 0 Å². The molecular weight excluding hydrogens is 92.1 g/mol. The number of rotatable bonds is 0. The molecule has 0 aliphatic heterocycles. The molecule has 0 atom stereocenters. The van der Waals surface area contributed by atoms with E-state index in [-0.39, 0.29) is 0 Å². The highest BCUT2D eigenvalue weighted by Crippen LogP contribution is 1.47. The quantitative estimate of drug-likeness (QED) is 0.347. The predicted molar refractivity (Wildman–Crippen MR) is 28.0 cm³/mol. The molecule has 0 spiro atoms. The van der Waals surface area contributed by atoms with Crippen LogP contribution in [0, 0.1) is 5.41 Å². The number of hydrogen-bond acceptors (Lipinski definition) is 3. The van der Waals surface area contributed by atoms with Crippen molar-refractivity contribution in [1.29, 1.82) is 5.41 Å². The zero-order valence-corrected chi connectivity index (χ0v) is 4.86. The topological polar surface area (TPSA) is 44.2 Å². The molecule has 0 saturated carbocycles. The second-order valence-corrected chi connectivity index (χ2v) is 1.44. The van der Waals surface area contributed by atoms with Crippen molar-refractivity contribution in [3.63, 3.8) is 0 Å². The second kappa shape index (κ2) is 9.02. The molecule has 0 aliphatic carbocycles. The van der Waals surface area contributed by atoms with E-state index in [1.165, 1.54) is 0 Å². The molecule has 7 heavy (non-hydrogen) atoms. The highest BCUT2D eigenvalue weighted by Gasteiger charge is 1.58. The molecule has 0 rings (SSSR count). The summed E-state index contributed by atoms with van der Waals surface area (Å²) in [6, 6.07) is 0. The summed E-state index contributed by atoms with van der Waals surface area (Å²) in [6.45, 7) is 0. The summed E-state index contributed by atoms with van der Waals surface area (Å²) in [7, 11) is 6.00. The van der Waals surface area contributed by atoms with E-state index in [1.807, 2.05) is 26.0 Å². The average Bonchev–Trinajstić information content (AvgIpc) is 1.33. The second-order valence-electron chi connectivity index (χ2n) is 1.44. The number of isocyanates is 1. The van der Waals surface area contributed by atoms with Gasteiger partial charge in [0.05, 0.1) is 0 Å². The lowest BCUT2D eigenvalue weighted by molar-refractivity contribution is 0.505. The minimum atomic E-state index is 0.750. The summed E-state index contributed by atoms with van der Waals surface area (Å²) in [5, 5.41) is 5.40. The minimum absolute atomic E-state index is 0.750. The third-order valence-corrected chi connectivity index (χ3v) is 0. The van der Waals surface area contributed by atoms with Gasteiger partial charge in [-0.1, -0.05) is 0 Å². The van der Waals surface area contributed by atoms with Crippen molar-refractivity contribution in [2.75, 3.05) is 21.1 Å². The molecule has 0 heterocycles. The van der Waals surface area contributed by atoms with E-state index in [0.717, 1.165) is 6.08 Å². The van der Waals surface area contributed by atoms with Gasteiger partial charge < -0.3 is 4.90 Å². The Labute approximate surface area is 43.4 Å². The highest BCUT2D eigenvalue weighted by molar-refractivity contribution is 5.26. The standard InChI is InChI=1S/C3H9N.CHNO/c1-4(2)3;2-1-3/h1-3H3;2H. The van der Waals surface area contributed by atoms with Crippen LogP contribution in [-0.2, 0) is 4.79 Å². The van der Waals surface area contributed by atoms with Crippen LogP contribution in [0.1, 0.15) is 0 Å². The van der Waals surface area contributed by atoms with Crippen molar-refractivity contribution in [2.24, 2.45) is 0 Å². The maximum Gasteiger partial charge on any atom is 0.231 e. The zero-order chi connectivity index (χ0) is 6.28. The first-order valence-corrected chi connectivity index (χ1v) is 1.80. The van der Waals surface area contributed by atoms with Gasteiger partial charge in [0.25, 0.3) is 0 Å². The Morgan fingerprint density at radius 1 is 1.43 bits per heavy atom. The van der Waals surface area contributed by atoms with Gasteiger partial charge in [0, 0.05) is 0 Å². The molecule has 0 fully saturated rings. The zero-order valence-electron chi connectivity index (χ0n) is 4.86. The molecule has 0 aromatic carbocycles. The van der Waals surface area contributed by atoms with Crippen LogP contribution in [-0.4, -0.2) is 32.1 Å². The average molecular weight is 102 g/mol. The van der Waals surface area contributed by atoms with Crippen molar-refractivity contribution < 1.29 is 4.79 Å². The van der Waals surface area contributed by atoms with Crippen LogP contribution < -0.4 is 0 Å². The number of nitrogens with one attached hydrogen (secondary N) is 1. The number of nitrogens with zero attached hydrogens (tertiary/aromatic N) is 1. The van der Waals surface area contributed by atoms with Gasteiger partial charge in [-0.15, -0.1) is 0 Å². The Bertz CT molecular complexity index is 52.0. The molecular formula is C4H10N2O. The third-order valence-electron chi connectivity index (χ3n) is 0. The van der Waals surface area contributed by atoms with Crippen LogP contribution in [0.3, 0.4) is 0 Å². The van der Waals surface area contributed by atoms with Crippen molar-refractivity contribution in [3.05, 3.63) is 0 Å². The first-order valence-electron chi connectivity index (χ1n) is 1.80. The van der Waals surface area contributed by atoms with E-state index >= 15 is 0 Å². The van der Waals surface area contributed by atoms with Crippen LogP contribution in [0.25, 0.3) is 0 Å². The normalized spacial score (nSPS) is 6.29. The molecule has 1 N–H and O–H groups in total. The molecule has 0 aromatic rings. The molecule has 0 unspecified atom stereocenters. The maximum absolute atomic E-state index is 8.35. The van der Waals surface area contributed by atoms with Crippen LogP contribution in [0.15, 0.2) is 0 Å². The molecule has 0 saturated heterocycles. The summed E-state index contributed by atoms with van der Waals surface area (Å²) < 4.78 is 0. The van der Waals surface area contributed by atoms with Crippen molar-refractivity contribution >= 4 is 6.08 Å². The first kappa shape index (κ1) is 9.60. The molecule has 3 nitrogen and oxygen atoms in total. The Morgan fingerprint density at radius 3 is 1.43 bits per heavy atom. The van der Waals surface area contributed by atoms with Gasteiger partial charge >= 0.3 is 0 Å². The summed E-state index contributed by atoms with van der Waals surface area (Å²) in [4.78, 5) is 10.3. The van der Waals surface area contributed by atoms with E-state index < -0.39 is 0 Å². The van der Waals surface area contributed by atoms with Gasteiger partial charge in [-0.05, 0) is 21.1 Å². The monoisotopic (exact) mass is 102 g/mol. The lowest BCUT2D eigenvalue weighted by atomic mass is 11.0. The van der Waals surface area contributed by atoms with E-state index in [2.05, 4.69) is 0 Å². The van der Waals surface area contributed by atoms with Crippen LogP contribution in [0.5, 0.6) is 0 Å². The van der Waals surface area contributed by atoms with Crippen molar-refractivity contribution in [3.8, 4) is 0 Å². The molecule has 0 aliphatic rings. The van der Waals surface area contributed by atoms with Gasteiger partial charge in [-0.2, -0.15) is 0 Å². The van der Waals surface area contributed by atoms with Gasteiger partial charge in [0.15, 0.2) is 0 Å². The number of hydrogen-bond donors (Lipinski definition) is 1. The fourth-order valence-electron chi connectivity index (χ4n) is 0. The van der Waals surface area contributed by atoms with Crippen LogP contribution >= 0.6 is 0 Å². The molecule has 0 bridgehead atoms. The maximum atomic E-state index is 8.35. The fourth-order valence-corrected chi connectivity index (χ4v) is 0. The Morgan fingerprint density at radius 2 is 1.43 bits per heavy atom. The predicted octanol–water partition coefficient (Wildman–Crippen LogP) is 0.0788. The van der Waals surface area contributed by atoms with Crippen molar-refractivity contribution in [1.82, 2.24) is 4.90 Å². The summed E-state index contributed by atoms with van der Waals surface area (Å²) in [5.74, 6) is 0. The molecule has 0 radical (unpaired) electrons. The fraction of sp³-hybridized carbons (Fsp3) is 0.750. The van der Waals surface area contributed by atoms with Crippen LogP contribution in [0.2, 0.25) is 0 Å². The Hall–Kier alpha value is -0.660. The van der Waals surface area contributed by atoms with Crippen molar-refractivity contribution in [2.45, 2.75) is 0 Å². The summed E-state index contributed by atoms with van der Waals surface area (Å²) in [6.07, 6.45) is 0.750. The molecule has 0 aromatic heterocycles. The molecule has 42 valence electrons. The molecule has 3 heteroatoms. The van der Waals surface area contributed by atoms with Gasteiger partial charge in [-0.3, -0.25) is 0 Å².